The lowest BCUT2D eigenvalue weighted by Crippen LogP contribution is -2.47. The molecule has 0 aliphatic heterocycles. The molecule has 43 heavy (non-hydrogen) atoms. The van der Waals surface area contributed by atoms with Crippen LogP contribution >= 0.6 is 11.3 Å². The van der Waals surface area contributed by atoms with Crippen molar-refractivity contribution in [2.45, 2.75) is 11.9 Å². The predicted octanol–water partition coefficient (Wildman–Crippen LogP) is 4.95. The number of nitrogens with zero attached hydrogens (tertiary/aromatic N) is 2. The summed E-state index contributed by atoms with van der Waals surface area (Å²) < 4.78 is 45.5. The number of amides is 1. The molecule has 1 unspecified atom stereocenters. The van der Waals surface area contributed by atoms with Gasteiger partial charge >= 0.3 is 0 Å². The summed E-state index contributed by atoms with van der Waals surface area (Å²) in [4.78, 5) is 17.3. The third-order valence-corrected chi connectivity index (χ3v) is 7.80. The van der Waals surface area contributed by atoms with Crippen LogP contribution in [0.2, 0.25) is 0 Å². The number of nitrogens with one attached hydrogen (secondary N) is 1. The van der Waals surface area contributed by atoms with Crippen molar-refractivity contribution in [1.29, 1.82) is 0 Å². The molecule has 1 atom stereocenters. The fourth-order valence-electron chi connectivity index (χ4n) is 4.60. The maximum absolute atomic E-state index is 12.8. The van der Waals surface area contributed by atoms with Gasteiger partial charge in [-0.1, -0.05) is 16.5 Å². The molecule has 0 radical (unpaired) electrons. The zero-order chi connectivity index (χ0) is 30.6. The van der Waals surface area contributed by atoms with Gasteiger partial charge in [-0.2, -0.15) is 0 Å². The minimum atomic E-state index is -1.27. The Morgan fingerprint density at radius 2 is 1.72 bits per heavy atom. The van der Waals surface area contributed by atoms with E-state index in [0.29, 0.717) is 50.7 Å². The lowest BCUT2D eigenvalue weighted by atomic mass is 9.96. The molecule has 4 aromatic rings. The van der Waals surface area contributed by atoms with Gasteiger partial charge in [-0.3, -0.25) is 10.1 Å². The number of anilines is 1. The highest BCUT2D eigenvalue weighted by Crippen LogP contribution is 2.41. The maximum Gasteiger partial charge on any atom is 0.252 e. The first-order valence-corrected chi connectivity index (χ1v) is 13.8. The molecule has 1 aliphatic carbocycles. The summed E-state index contributed by atoms with van der Waals surface area (Å²) in [5, 5.41) is 7.47. The van der Waals surface area contributed by atoms with Gasteiger partial charge in [-0.15, -0.1) is 0 Å². The highest BCUT2D eigenvalue weighted by molar-refractivity contribution is 7.22. The third-order valence-electron chi connectivity index (χ3n) is 6.85. The summed E-state index contributed by atoms with van der Waals surface area (Å²) >= 11 is 1.35. The van der Waals surface area contributed by atoms with Gasteiger partial charge in [-0.25, -0.2) is 4.98 Å². The van der Waals surface area contributed by atoms with Gasteiger partial charge in [0.2, 0.25) is 11.5 Å². The second-order valence-electron chi connectivity index (χ2n) is 9.21. The van der Waals surface area contributed by atoms with Crippen molar-refractivity contribution in [2.75, 3.05) is 54.6 Å². The SMILES string of the molecule is COc1ccc2sc(NC(=O)COC3C=C(c4cc(-c5cc(OC)c(OC)c(OC)c5)no4)C=CC3(OC)OC)nc2c1. The van der Waals surface area contributed by atoms with Crippen LogP contribution in [0.25, 0.3) is 27.0 Å². The summed E-state index contributed by atoms with van der Waals surface area (Å²) in [7, 11) is 9.20. The van der Waals surface area contributed by atoms with Crippen LogP contribution in [-0.4, -0.2) is 77.2 Å². The molecule has 2 aromatic carbocycles. The van der Waals surface area contributed by atoms with Crippen molar-refractivity contribution in [3.63, 3.8) is 0 Å². The summed E-state index contributed by atoms with van der Waals surface area (Å²) in [6.45, 7) is -0.289. The fourth-order valence-corrected chi connectivity index (χ4v) is 5.46. The third kappa shape index (κ3) is 6.06. The van der Waals surface area contributed by atoms with Crippen LogP contribution in [0.1, 0.15) is 5.76 Å². The van der Waals surface area contributed by atoms with Gasteiger partial charge in [0.05, 0.1) is 38.7 Å². The largest absolute Gasteiger partial charge is 0.497 e. The summed E-state index contributed by atoms with van der Waals surface area (Å²) in [6, 6.07) is 10.9. The van der Waals surface area contributed by atoms with Crippen LogP contribution in [0.5, 0.6) is 23.0 Å². The predicted molar refractivity (Wildman–Crippen MR) is 160 cm³/mol. The number of allylic oxidation sites excluding steroid dienone is 2. The van der Waals surface area contributed by atoms with Crippen LogP contribution < -0.4 is 24.3 Å². The van der Waals surface area contributed by atoms with Gasteiger partial charge in [-0.05, 0) is 42.5 Å². The Bertz CT molecular complexity index is 1650. The zero-order valence-corrected chi connectivity index (χ0v) is 25.3. The van der Waals surface area contributed by atoms with Crippen LogP contribution in [0.4, 0.5) is 5.13 Å². The zero-order valence-electron chi connectivity index (χ0n) is 24.5. The molecule has 0 spiro atoms. The van der Waals surface area contributed by atoms with Gasteiger partial charge in [0, 0.05) is 37.5 Å². The van der Waals surface area contributed by atoms with Gasteiger partial charge in [0.25, 0.3) is 5.91 Å². The second kappa shape index (κ2) is 12.8. The normalized spacial score (nSPS) is 15.7. The molecule has 226 valence electrons. The van der Waals surface area contributed by atoms with Crippen LogP contribution in [0, 0.1) is 0 Å². The number of hydrogen-bond acceptors (Lipinski definition) is 12. The van der Waals surface area contributed by atoms with E-state index in [4.69, 9.17) is 37.7 Å². The molecule has 5 rings (SSSR count). The lowest BCUT2D eigenvalue weighted by molar-refractivity contribution is -0.225. The van der Waals surface area contributed by atoms with Crippen LogP contribution in [0.3, 0.4) is 0 Å². The second-order valence-corrected chi connectivity index (χ2v) is 10.2. The quantitative estimate of drug-likeness (QED) is 0.219. The molecular formula is C30H31N3O9S. The number of aromatic nitrogens is 2. The van der Waals surface area contributed by atoms with E-state index in [2.05, 4.69) is 15.5 Å². The number of methoxy groups -OCH3 is 6. The van der Waals surface area contributed by atoms with E-state index in [1.807, 2.05) is 12.1 Å². The van der Waals surface area contributed by atoms with E-state index in [0.717, 1.165) is 10.2 Å². The molecule has 0 bridgehead atoms. The van der Waals surface area contributed by atoms with Crippen molar-refractivity contribution < 1.29 is 42.5 Å². The summed E-state index contributed by atoms with van der Waals surface area (Å²) in [6.07, 6.45) is 4.43. The molecule has 2 aromatic heterocycles. The monoisotopic (exact) mass is 609 g/mol. The number of fused-ring (bicyclic) bond motifs is 1. The smallest absolute Gasteiger partial charge is 0.252 e. The number of benzene rings is 2. The number of rotatable bonds is 12. The van der Waals surface area contributed by atoms with Crippen LogP contribution in [-0.2, 0) is 19.0 Å². The Morgan fingerprint density at radius 3 is 2.37 bits per heavy atom. The Hall–Kier alpha value is -4.43. The number of hydrogen-bond donors (Lipinski definition) is 1. The standard InChI is InChI=1S/C30H31N3O9S/c1-35-19-7-8-25-21(14-19)31-29(43-25)32-27(34)16-41-26-13-17(9-10-30(26,39-5)40-6)22-15-20(33-42-22)18-11-23(36-2)28(38-4)24(12-18)37-3/h7-15,26H,16H2,1-6H3,(H,31,32,34). The van der Waals surface area contributed by atoms with E-state index >= 15 is 0 Å². The Morgan fingerprint density at radius 1 is 0.977 bits per heavy atom. The molecule has 1 aliphatic rings. The lowest BCUT2D eigenvalue weighted by Gasteiger charge is -2.36. The van der Waals surface area contributed by atoms with E-state index in [1.165, 1.54) is 32.7 Å². The van der Waals surface area contributed by atoms with Crippen molar-refractivity contribution >= 4 is 38.2 Å². The number of thiazole rings is 1. The number of carbonyl (C=O) groups excluding carboxylic acids is 1. The highest BCUT2D eigenvalue weighted by Gasteiger charge is 2.40. The Kier molecular flexibility index (Phi) is 8.97. The molecule has 1 N–H and O–H groups in total. The molecule has 0 saturated carbocycles. The molecule has 0 fully saturated rings. The van der Waals surface area contributed by atoms with Crippen molar-refractivity contribution in [1.82, 2.24) is 10.1 Å². The molecule has 1 amide bonds. The Labute approximate surface area is 251 Å². The molecule has 2 heterocycles. The van der Waals surface area contributed by atoms with E-state index in [1.54, 1.807) is 63.8 Å². The maximum atomic E-state index is 12.8. The van der Waals surface area contributed by atoms with Crippen molar-refractivity contribution in [3.05, 3.63) is 60.4 Å². The fraction of sp³-hybridized carbons (Fsp3) is 0.300. The number of carbonyl (C=O) groups is 1. The van der Waals surface area contributed by atoms with E-state index in [-0.39, 0.29) is 12.5 Å². The molecule has 12 nitrogen and oxygen atoms in total. The van der Waals surface area contributed by atoms with Gasteiger partial charge < -0.3 is 37.7 Å². The average Bonchev–Trinajstić information content (AvgIpc) is 3.69. The molecular weight excluding hydrogens is 578 g/mol. The average molecular weight is 610 g/mol. The first-order valence-electron chi connectivity index (χ1n) is 13.0. The minimum absolute atomic E-state index is 0.289. The van der Waals surface area contributed by atoms with Gasteiger partial charge in [0.1, 0.15) is 24.2 Å². The van der Waals surface area contributed by atoms with E-state index < -0.39 is 11.9 Å². The first kappa shape index (κ1) is 30.0. The Balaban J connectivity index is 1.34. The van der Waals surface area contributed by atoms with Crippen molar-refractivity contribution in [2.24, 2.45) is 0 Å². The van der Waals surface area contributed by atoms with Crippen molar-refractivity contribution in [3.8, 4) is 34.3 Å². The molecule has 0 saturated heterocycles. The van der Waals surface area contributed by atoms with E-state index in [9.17, 15) is 4.79 Å². The molecule has 13 heteroatoms. The summed E-state index contributed by atoms with van der Waals surface area (Å²) in [5.74, 6) is 0.934. The summed E-state index contributed by atoms with van der Waals surface area (Å²) in [5.41, 5.74) is 2.62. The minimum Gasteiger partial charge on any atom is -0.497 e. The van der Waals surface area contributed by atoms with Gasteiger partial charge in [0.15, 0.2) is 22.4 Å². The number of ether oxygens (including phenoxy) is 7. The van der Waals surface area contributed by atoms with Crippen LogP contribution in [0.15, 0.2) is 59.1 Å². The first-order chi connectivity index (χ1) is 20.9. The highest BCUT2D eigenvalue weighted by atomic mass is 32.1. The topological polar surface area (TPSA) is 133 Å².